The first-order valence-electron chi connectivity index (χ1n) is 16.7. The molecule has 4 fully saturated rings. The molecule has 45 heavy (non-hydrogen) atoms. The molecule has 2 saturated heterocycles. The van der Waals surface area contributed by atoms with Crippen LogP contribution in [-0.4, -0.2) is 86.2 Å². The number of hydrogen-bond acceptors (Lipinski definition) is 7. The van der Waals surface area contributed by atoms with E-state index in [2.05, 4.69) is 0 Å². The van der Waals surface area contributed by atoms with Gasteiger partial charge >= 0.3 is 11.9 Å². The Hall–Kier alpha value is -3.56. The van der Waals surface area contributed by atoms with Crippen LogP contribution in [0.3, 0.4) is 0 Å². The van der Waals surface area contributed by atoms with Crippen LogP contribution in [0.1, 0.15) is 95.0 Å². The fourth-order valence-electron chi connectivity index (χ4n) is 7.28. The Morgan fingerprint density at radius 1 is 0.511 bits per heavy atom. The van der Waals surface area contributed by atoms with Crippen LogP contribution >= 0.6 is 0 Å². The van der Waals surface area contributed by atoms with Crippen molar-refractivity contribution in [3.8, 4) is 0 Å². The number of hydrogen-bond donors (Lipinski definition) is 0. The van der Waals surface area contributed by atoms with Gasteiger partial charge in [-0.15, -0.1) is 0 Å². The van der Waals surface area contributed by atoms with E-state index in [1.54, 1.807) is 0 Å². The van der Waals surface area contributed by atoms with Gasteiger partial charge in [0.1, 0.15) is 0 Å². The van der Waals surface area contributed by atoms with Crippen LogP contribution in [0.15, 0.2) is 48.5 Å². The average Bonchev–Trinajstić information content (AvgIpc) is 3.12. The molecule has 0 spiro atoms. The molecule has 2 amide bonds. The molecule has 2 aliphatic carbocycles. The number of amides is 2. The second-order valence-corrected chi connectivity index (χ2v) is 12.9. The number of ether oxygens (including phenoxy) is 3. The molecule has 0 N–H and O–H groups in total. The molecule has 9 nitrogen and oxygen atoms in total. The zero-order valence-electron chi connectivity index (χ0n) is 26.0. The summed E-state index contributed by atoms with van der Waals surface area (Å²) in [4.78, 5) is 55.0. The van der Waals surface area contributed by atoms with Crippen molar-refractivity contribution in [2.24, 2.45) is 11.8 Å². The SMILES string of the molecule is O=C(OC(=O)C1CCC(c2ccc(C(=O)N3CCOCC3)cc2)CC1)C1CCC(c2ccc(C(=O)N3CCOCC3)cc2)CC1. The van der Waals surface area contributed by atoms with E-state index in [0.717, 1.165) is 25.7 Å². The van der Waals surface area contributed by atoms with Gasteiger partial charge in [-0.05, 0) is 98.6 Å². The number of carbonyl (C=O) groups is 4. The zero-order chi connectivity index (χ0) is 31.2. The van der Waals surface area contributed by atoms with Gasteiger partial charge in [-0.1, -0.05) is 24.3 Å². The molecular weight excluding hydrogens is 572 g/mol. The van der Waals surface area contributed by atoms with Crippen LogP contribution in [-0.2, 0) is 23.8 Å². The molecule has 0 unspecified atom stereocenters. The van der Waals surface area contributed by atoms with Gasteiger partial charge in [0.15, 0.2) is 0 Å². The smallest absolute Gasteiger partial charge is 0.316 e. The van der Waals surface area contributed by atoms with E-state index in [-0.39, 0.29) is 35.6 Å². The maximum absolute atomic E-state index is 12.9. The first-order valence-corrected chi connectivity index (χ1v) is 16.7. The van der Waals surface area contributed by atoms with Gasteiger partial charge < -0.3 is 24.0 Å². The van der Waals surface area contributed by atoms with Crippen molar-refractivity contribution in [3.63, 3.8) is 0 Å². The first-order chi connectivity index (χ1) is 22.0. The van der Waals surface area contributed by atoms with Gasteiger partial charge in [0.05, 0.1) is 38.3 Å². The quantitative estimate of drug-likeness (QED) is 0.334. The number of rotatable bonds is 6. The zero-order valence-corrected chi connectivity index (χ0v) is 26.0. The topological polar surface area (TPSA) is 102 Å². The minimum Gasteiger partial charge on any atom is -0.393 e. The van der Waals surface area contributed by atoms with E-state index in [9.17, 15) is 19.2 Å². The van der Waals surface area contributed by atoms with Crippen molar-refractivity contribution in [3.05, 3.63) is 70.8 Å². The molecule has 0 atom stereocenters. The summed E-state index contributed by atoms with van der Waals surface area (Å²) in [5.41, 5.74) is 3.76. The van der Waals surface area contributed by atoms with Gasteiger partial charge in [0.25, 0.3) is 11.8 Å². The Labute approximate surface area is 265 Å². The molecule has 6 rings (SSSR count). The van der Waals surface area contributed by atoms with E-state index in [1.807, 2.05) is 58.3 Å². The van der Waals surface area contributed by atoms with E-state index >= 15 is 0 Å². The number of carbonyl (C=O) groups excluding carboxylic acids is 4. The summed E-state index contributed by atoms with van der Waals surface area (Å²) in [6.45, 7) is 4.82. The summed E-state index contributed by atoms with van der Waals surface area (Å²) >= 11 is 0. The molecule has 0 aromatic heterocycles. The third-order valence-corrected chi connectivity index (χ3v) is 10.2. The summed E-state index contributed by atoms with van der Waals surface area (Å²) < 4.78 is 16.1. The molecule has 0 radical (unpaired) electrons. The maximum atomic E-state index is 12.9. The van der Waals surface area contributed by atoms with Gasteiger partial charge in [-0.2, -0.15) is 0 Å². The second-order valence-electron chi connectivity index (χ2n) is 12.9. The average molecular weight is 617 g/mol. The van der Waals surface area contributed by atoms with Crippen LogP contribution in [0.5, 0.6) is 0 Å². The third-order valence-electron chi connectivity index (χ3n) is 10.2. The molecule has 4 aliphatic rings. The number of morpholine rings is 2. The number of benzene rings is 2. The van der Waals surface area contributed by atoms with E-state index in [4.69, 9.17) is 14.2 Å². The van der Waals surface area contributed by atoms with Crippen molar-refractivity contribution < 1.29 is 33.4 Å². The van der Waals surface area contributed by atoms with Crippen LogP contribution in [0.2, 0.25) is 0 Å². The monoisotopic (exact) mass is 616 g/mol. The summed E-state index contributed by atoms with van der Waals surface area (Å²) in [7, 11) is 0. The fraction of sp³-hybridized carbons (Fsp3) is 0.556. The van der Waals surface area contributed by atoms with Crippen LogP contribution in [0.25, 0.3) is 0 Å². The van der Waals surface area contributed by atoms with Crippen molar-refractivity contribution in [1.29, 1.82) is 0 Å². The van der Waals surface area contributed by atoms with Crippen LogP contribution in [0, 0.1) is 11.8 Å². The summed E-state index contributed by atoms with van der Waals surface area (Å²) in [6.07, 6.45) is 6.20. The highest BCUT2D eigenvalue weighted by Gasteiger charge is 2.34. The summed E-state index contributed by atoms with van der Waals surface area (Å²) in [6, 6.07) is 15.8. The Kier molecular flexibility index (Phi) is 10.3. The molecule has 2 saturated carbocycles. The Balaban J connectivity index is 0.922. The van der Waals surface area contributed by atoms with Gasteiger partial charge in [0.2, 0.25) is 0 Å². The van der Waals surface area contributed by atoms with E-state index < -0.39 is 0 Å². The minimum atomic E-state index is -0.382. The lowest BCUT2D eigenvalue weighted by Crippen LogP contribution is -2.40. The normalized spacial score (nSPS) is 25.8. The van der Waals surface area contributed by atoms with Crippen molar-refractivity contribution in [2.75, 3.05) is 52.6 Å². The predicted octanol–water partition coefficient (Wildman–Crippen LogP) is 4.95. The molecule has 2 aromatic rings. The van der Waals surface area contributed by atoms with Gasteiger partial charge in [0, 0.05) is 37.3 Å². The van der Waals surface area contributed by atoms with Crippen molar-refractivity contribution >= 4 is 23.8 Å². The van der Waals surface area contributed by atoms with Crippen molar-refractivity contribution in [1.82, 2.24) is 9.80 Å². The first kappa shape index (κ1) is 31.4. The molecule has 2 aliphatic heterocycles. The van der Waals surface area contributed by atoms with Crippen LogP contribution in [0.4, 0.5) is 0 Å². The molecule has 9 heteroatoms. The van der Waals surface area contributed by atoms with Crippen LogP contribution < -0.4 is 0 Å². The van der Waals surface area contributed by atoms with Gasteiger partial charge in [-0.25, -0.2) is 0 Å². The Morgan fingerprint density at radius 2 is 0.844 bits per heavy atom. The Bertz CT molecular complexity index is 1230. The van der Waals surface area contributed by atoms with E-state index in [1.165, 1.54) is 11.1 Å². The van der Waals surface area contributed by atoms with Crippen molar-refractivity contribution in [2.45, 2.75) is 63.2 Å². The molecule has 240 valence electrons. The highest BCUT2D eigenvalue weighted by atomic mass is 16.6. The highest BCUT2D eigenvalue weighted by molar-refractivity contribution is 5.95. The standard InChI is InChI=1S/C36H44N2O7/c39-33(37-17-21-43-22-18-37)29-9-1-25(2-10-29)27-5-13-31(14-6-27)35(41)45-36(42)32-15-7-28(8-16-32)26-3-11-30(12-4-26)34(40)38-19-23-44-24-20-38/h1-4,9-12,27-28,31-32H,5-8,13-24H2. The van der Waals surface area contributed by atoms with E-state index in [0.29, 0.717) is 101 Å². The lowest BCUT2D eigenvalue weighted by atomic mass is 9.78. The maximum Gasteiger partial charge on any atom is 0.316 e. The fourth-order valence-corrected chi connectivity index (χ4v) is 7.28. The second kappa shape index (κ2) is 14.7. The number of nitrogens with zero attached hydrogens (tertiary/aromatic N) is 2. The summed E-state index contributed by atoms with van der Waals surface area (Å²) in [5.74, 6) is -0.509. The number of esters is 2. The lowest BCUT2D eigenvalue weighted by Gasteiger charge is -2.30. The van der Waals surface area contributed by atoms with Gasteiger partial charge in [-0.3, -0.25) is 19.2 Å². The highest BCUT2D eigenvalue weighted by Crippen LogP contribution is 2.38. The largest absolute Gasteiger partial charge is 0.393 e. The molecule has 2 heterocycles. The Morgan fingerprint density at radius 3 is 1.18 bits per heavy atom. The third kappa shape index (κ3) is 7.64. The molecular formula is C36H44N2O7. The molecule has 2 aromatic carbocycles. The predicted molar refractivity (Wildman–Crippen MR) is 167 cm³/mol. The lowest BCUT2D eigenvalue weighted by molar-refractivity contribution is -0.167. The molecule has 0 bridgehead atoms. The summed E-state index contributed by atoms with van der Waals surface area (Å²) in [5, 5.41) is 0. The minimum absolute atomic E-state index is 0.0425.